The first kappa shape index (κ1) is 44.7. The predicted octanol–water partition coefficient (Wildman–Crippen LogP) is 6.54. The molecule has 3 aliphatic carbocycles. The van der Waals surface area contributed by atoms with Crippen LogP contribution in [0.25, 0.3) is 16.6 Å². The van der Waals surface area contributed by atoms with Crippen LogP contribution >= 0.6 is 0 Å². The Morgan fingerprint density at radius 2 is 1.79 bits per heavy atom. The number of halogens is 3. The third-order valence-electron chi connectivity index (χ3n) is 14.7. The van der Waals surface area contributed by atoms with Gasteiger partial charge in [0.15, 0.2) is 11.3 Å². The average Bonchev–Trinajstić information content (AvgIpc) is 4.23. The van der Waals surface area contributed by atoms with Gasteiger partial charge in [-0.25, -0.2) is 22.7 Å². The van der Waals surface area contributed by atoms with E-state index in [4.69, 9.17) is 19.6 Å². The molecular formula is C49H56F3N11O5. The van der Waals surface area contributed by atoms with E-state index in [9.17, 15) is 23.2 Å². The number of morpholine rings is 1. The number of anilines is 2. The van der Waals surface area contributed by atoms with E-state index in [1.165, 1.54) is 29.8 Å². The second-order valence-corrected chi connectivity index (χ2v) is 19.5. The molecule has 3 saturated carbocycles. The van der Waals surface area contributed by atoms with Crippen LogP contribution in [0.1, 0.15) is 129 Å². The molecule has 4 atom stereocenters. The minimum Gasteiger partial charge on any atom is -0.375 e. The van der Waals surface area contributed by atoms with Crippen molar-refractivity contribution in [3.05, 3.63) is 65.4 Å². The number of ether oxygens (including phenoxy) is 2. The van der Waals surface area contributed by atoms with Crippen molar-refractivity contribution >= 4 is 45.8 Å². The van der Waals surface area contributed by atoms with Gasteiger partial charge in [0, 0.05) is 56.9 Å². The quantitative estimate of drug-likeness (QED) is 0.0974. The highest BCUT2D eigenvalue weighted by molar-refractivity contribution is 6.08. The van der Waals surface area contributed by atoms with Crippen LogP contribution in [0.4, 0.5) is 24.7 Å². The number of nitrogens with zero attached hydrogens (tertiary/aromatic N) is 9. The van der Waals surface area contributed by atoms with Crippen LogP contribution in [0.2, 0.25) is 0 Å². The maximum absolute atomic E-state index is 15.6. The van der Waals surface area contributed by atoms with E-state index in [2.05, 4.69) is 42.5 Å². The zero-order valence-corrected chi connectivity index (χ0v) is 37.9. The molecule has 0 spiro atoms. The van der Waals surface area contributed by atoms with E-state index in [-0.39, 0.29) is 60.8 Å². The Balaban J connectivity index is 0.665. The van der Waals surface area contributed by atoms with Crippen molar-refractivity contribution < 1.29 is 37.0 Å². The predicted molar refractivity (Wildman–Crippen MR) is 244 cm³/mol. The lowest BCUT2D eigenvalue weighted by Gasteiger charge is -2.38. The van der Waals surface area contributed by atoms with Gasteiger partial charge in [0.25, 0.3) is 12.3 Å². The maximum Gasteiger partial charge on any atom is 0.284 e. The molecule has 6 aliphatic rings. The highest BCUT2D eigenvalue weighted by Crippen LogP contribution is 2.41. The fourth-order valence-corrected chi connectivity index (χ4v) is 10.7. The van der Waals surface area contributed by atoms with Gasteiger partial charge in [0.05, 0.1) is 65.5 Å². The zero-order valence-electron chi connectivity index (χ0n) is 37.9. The average molecular weight is 936 g/mol. The Labute approximate surface area is 391 Å². The summed E-state index contributed by atoms with van der Waals surface area (Å²) in [6, 6.07) is 7.77. The van der Waals surface area contributed by atoms with Crippen LogP contribution in [0.5, 0.6) is 0 Å². The van der Waals surface area contributed by atoms with Crippen LogP contribution in [-0.4, -0.2) is 121 Å². The summed E-state index contributed by atoms with van der Waals surface area (Å²) in [6.45, 7) is 3.76. The molecule has 16 nitrogen and oxygen atoms in total. The SMILES string of the molecule is O=C1CCC(c2nn(C3CC3)c3c(C#CCO[C@H]4CCN(CC5CCC(n6cc(NC(=O)c7cnn8ccc(N9CCOC(CC%10CC%10)C9)nc78)c(C(F)F)n6)CC5)C[C@H]4F)cccc23)C(=O)N1. The van der Waals surface area contributed by atoms with Crippen LogP contribution in [0, 0.1) is 23.7 Å². The topological polar surface area (TPSA) is 166 Å². The summed E-state index contributed by atoms with van der Waals surface area (Å²) in [5.74, 6) is 6.42. The first-order valence-electron chi connectivity index (χ1n) is 24.3. The first-order chi connectivity index (χ1) is 33.1. The zero-order chi connectivity index (χ0) is 46.5. The second kappa shape index (κ2) is 18.9. The molecule has 1 aromatic carbocycles. The Kier molecular flexibility index (Phi) is 12.4. The van der Waals surface area contributed by atoms with Gasteiger partial charge in [-0.2, -0.15) is 15.3 Å². The molecule has 19 heteroatoms. The molecule has 0 bridgehead atoms. The smallest absolute Gasteiger partial charge is 0.284 e. The molecule has 2 unspecified atom stereocenters. The monoisotopic (exact) mass is 935 g/mol. The first-order valence-corrected chi connectivity index (χ1v) is 24.3. The standard InChI is InChI=1S/C49H56F3N11O5/c50-38-27-59(18-16-40(38)68-21-2-4-31-3-1-5-35-43(36-14-15-42(64)56-48(36)65)58-63(45(31)35)33-12-13-33)25-30-8-10-32(11-9-30)62-28-39(44(57-62)46(51)52)54-49(66)37-24-53-61-19-17-41(55-47(37)61)60-20-22-67-34(26-60)23-29-6-7-29/h1,3,5,17,19,24,28-30,32-34,36,38,40,46H,6-16,18,20-23,25-27H2,(H,54,66)(H,56,64,65)/t30?,32?,34?,36?,38-,40+/m1/s1. The van der Waals surface area contributed by atoms with Crippen LogP contribution in [0.3, 0.4) is 0 Å². The number of fused-ring (bicyclic) bond motifs is 2. The van der Waals surface area contributed by atoms with Gasteiger partial charge in [0.2, 0.25) is 11.8 Å². The van der Waals surface area contributed by atoms with Crippen molar-refractivity contribution in [2.45, 2.75) is 120 Å². The summed E-state index contributed by atoms with van der Waals surface area (Å²) in [6.07, 6.45) is 10.0. The third kappa shape index (κ3) is 9.46. The van der Waals surface area contributed by atoms with Crippen LogP contribution < -0.4 is 15.5 Å². The maximum atomic E-state index is 15.6. The minimum atomic E-state index is -2.89. The van der Waals surface area contributed by atoms with E-state index < -0.39 is 36.2 Å². The van der Waals surface area contributed by atoms with E-state index in [1.54, 1.807) is 10.9 Å². The van der Waals surface area contributed by atoms with Crippen molar-refractivity contribution in [1.29, 1.82) is 0 Å². The van der Waals surface area contributed by atoms with Crippen molar-refractivity contribution in [3.8, 4) is 11.8 Å². The molecule has 11 rings (SSSR count). The Morgan fingerprint density at radius 1 is 0.971 bits per heavy atom. The molecule has 3 aliphatic heterocycles. The number of likely N-dealkylation sites (tertiary alicyclic amines) is 1. The number of nitrogens with one attached hydrogen (secondary N) is 2. The number of hydrogen-bond acceptors (Lipinski definition) is 11. The normalized spacial score (nSPS) is 26.0. The van der Waals surface area contributed by atoms with Gasteiger partial charge in [-0.15, -0.1) is 0 Å². The van der Waals surface area contributed by atoms with Gasteiger partial charge >= 0.3 is 0 Å². The number of carbonyl (C=O) groups excluding carboxylic acids is 3. The van der Waals surface area contributed by atoms with Gasteiger partial charge < -0.3 is 19.7 Å². The Bertz CT molecular complexity index is 2760. The number of carbonyl (C=O) groups is 3. The Morgan fingerprint density at radius 3 is 2.57 bits per heavy atom. The molecule has 7 heterocycles. The molecule has 4 aromatic heterocycles. The number of amides is 3. The fourth-order valence-electron chi connectivity index (χ4n) is 10.7. The summed E-state index contributed by atoms with van der Waals surface area (Å²) >= 11 is 0. The summed E-state index contributed by atoms with van der Waals surface area (Å²) in [5.41, 5.74) is 2.30. The highest BCUT2D eigenvalue weighted by Gasteiger charge is 2.37. The molecule has 68 heavy (non-hydrogen) atoms. The van der Waals surface area contributed by atoms with E-state index in [0.29, 0.717) is 62.2 Å². The van der Waals surface area contributed by atoms with Crippen molar-refractivity contribution in [1.82, 2.24) is 44.4 Å². The Hall–Kier alpha value is -5.84. The van der Waals surface area contributed by atoms with Crippen LogP contribution in [-0.2, 0) is 19.1 Å². The number of aromatic nitrogens is 7. The third-order valence-corrected chi connectivity index (χ3v) is 14.7. The highest BCUT2D eigenvalue weighted by atomic mass is 19.3. The van der Waals surface area contributed by atoms with Gasteiger partial charge in [-0.1, -0.05) is 36.8 Å². The number of hydrogen-bond donors (Lipinski definition) is 2. The molecule has 5 aromatic rings. The summed E-state index contributed by atoms with van der Waals surface area (Å²) in [5, 5.41) is 19.5. The van der Waals surface area contributed by atoms with E-state index >= 15 is 4.39 Å². The largest absolute Gasteiger partial charge is 0.375 e. The lowest BCUT2D eigenvalue weighted by Crippen LogP contribution is -2.47. The summed E-state index contributed by atoms with van der Waals surface area (Å²) < 4.78 is 61.4. The molecule has 0 radical (unpaired) electrons. The second-order valence-electron chi connectivity index (χ2n) is 19.5. The molecule has 6 fully saturated rings. The minimum absolute atomic E-state index is 0.0391. The number of piperidine rings is 2. The van der Waals surface area contributed by atoms with Gasteiger partial charge in [-0.05, 0) is 81.8 Å². The fraction of sp³-hybridized carbons (Fsp3) is 0.571. The lowest BCUT2D eigenvalue weighted by molar-refractivity contribution is -0.134. The molecule has 3 saturated heterocycles. The molecule has 3 amide bonds. The number of rotatable bonds is 13. The number of alkyl halides is 3. The lowest BCUT2D eigenvalue weighted by atomic mass is 9.85. The summed E-state index contributed by atoms with van der Waals surface area (Å²) in [7, 11) is 0. The van der Waals surface area contributed by atoms with E-state index in [0.717, 1.165) is 73.9 Å². The summed E-state index contributed by atoms with van der Waals surface area (Å²) in [4.78, 5) is 47.3. The van der Waals surface area contributed by atoms with Gasteiger partial charge in [-0.3, -0.25) is 34.0 Å². The molecule has 358 valence electrons. The number of imide groups is 1. The van der Waals surface area contributed by atoms with E-state index in [1.807, 2.05) is 28.9 Å². The van der Waals surface area contributed by atoms with Gasteiger partial charge in [0.1, 0.15) is 24.2 Å². The van der Waals surface area contributed by atoms with Crippen molar-refractivity contribution in [3.63, 3.8) is 0 Å². The number of benzene rings is 1. The van der Waals surface area contributed by atoms with Crippen LogP contribution in [0.15, 0.2) is 42.9 Å². The number of para-hydroxylation sites is 1. The van der Waals surface area contributed by atoms with Crippen molar-refractivity contribution in [2.75, 3.05) is 56.2 Å². The molecule has 2 N–H and O–H groups in total. The molecular weight excluding hydrogens is 880 g/mol. The van der Waals surface area contributed by atoms with Crippen molar-refractivity contribution in [2.24, 2.45) is 11.8 Å².